The Morgan fingerprint density at radius 3 is 2.60 bits per heavy atom. The van der Waals surface area contributed by atoms with Gasteiger partial charge in [-0.05, 0) is 35.6 Å². The Bertz CT molecular complexity index is 577. The van der Waals surface area contributed by atoms with Gasteiger partial charge in [-0.3, -0.25) is 4.79 Å². The molecule has 0 aliphatic carbocycles. The largest absolute Gasteiger partial charge is 0.497 e. The first-order valence-corrected chi connectivity index (χ1v) is 7.19. The van der Waals surface area contributed by atoms with Crippen LogP contribution < -0.4 is 10.1 Å². The predicted octanol–water partition coefficient (Wildman–Crippen LogP) is 2.53. The van der Waals surface area contributed by atoms with E-state index in [1.807, 2.05) is 17.7 Å². The fourth-order valence-corrected chi connectivity index (χ4v) is 2.65. The maximum atomic E-state index is 11.9. The van der Waals surface area contributed by atoms with Gasteiger partial charge >= 0.3 is 0 Å². The van der Waals surface area contributed by atoms with E-state index >= 15 is 0 Å². The van der Waals surface area contributed by atoms with Gasteiger partial charge in [-0.15, -0.1) is 0 Å². The van der Waals surface area contributed by atoms with E-state index in [0.29, 0.717) is 5.56 Å². The average Bonchev–Trinajstić information content (AvgIpc) is 2.90. The molecule has 1 atom stereocenters. The van der Waals surface area contributed by atoms with Gasteiger partial charge in [-0.1, -0.05) is 12.1 Å². The molecule has 1 amide bonds. The molecule has 1 heterocycles. The summed E-state index contributed by atoms with van der Waals surface area (Å²) in [5, 5.41) is 16.5. The molecule has 20 heavy (non-hydrogen) atoms. The minimum absolute atomic E-state index is 0.156. The highest BCUT2D eigenvalue weighted by Crippen LogP contribution is 2.18. The number of benzene rings is 1. The summed E-state index contributed by atoms with van der Waals surface area (Å²) in [5.74, 6) is 0.579. The number of carbonyl (C=O) groups excluding carboxylic acids is 1. The molecule has 1 aromatic heterocycles. The molecule has 0 fully saturated rings. The van der Waals surface area contributed by atoms with E-state index in [-0.39, 0.29) is 12.5 Å². The Balaban J connectivity index is 1.93. The monoisotopic (exact) mass is 291 g/mol. The number of ether oxygens (including phenoxy) is 1. The third-order valence-electron chi connectivity index (χ3n) is 3.06. The molecule has 5 heteroatoms. The Labute approximate surface area is 122 Å². The van der Waals surface area contributed by atoms with Crippen LogP contribution in [0.2, 0.25) is 0 Å². The first-order valence-electron chi connectivity index (χ1n) is 6.25. The van der Waals surface area contributed by atoms with Gasteiger partial charge in [0.05, 0.1) is 18.8 Å². The third-order valence-corrected chi connectivity index (χ3v) is 3.92. The average molecular weight is 291 g/mol. The SMILES string of the molecule is COc1ccc(C(O)CNC(=O)c2cscc2C)cc1. The zero-order valence-electron chi connectivity index (χ0n) is 11.4. The molecule has 0 aliphatic heterocycles. The number of amides is 1. The molecule has 106 valence electrons. The van der Waals surface area contributed by atoms with E-state index in [9.17, 15) is 9.90 Å². The standard InChI is InChI=1S/C15H17NO3S/c1-10-8-20-9-13(10)15(18)16-7-14(17)11-3-5-12(19-2)6-4-11/h3-6,8-9,14,17H,7H2,1-2H3,(H,16,18). The molecule has 0 bridgehead atoms. The number of thiophene rings is 1. The molecule has 4 nitrogen and oxygen atoms in total. The van der Waals surface area contributed by atoms with Crippen molar-refractivity contribution >= 4 is 17.2 Å². The van der Waals surface area contributed by atoms with Gasteiger partial charge in [0.1, 0.15) is 5.75 Å². The van der Waals surface area contributed by atoms with Crippen molar-refractivity contribution in [1.82, 2.24) is 5.32 Å². The third kappa shape index (κ3) is 3.37. The van der Waals surface area contributed by atoms with Crippen molar-refractivity contribution in [3.8, 4) is 5.75 Å². The Hall–Kier alpha value is -1.85. The van der Waals surface area contributed by atoms with Crippen LogP contribution in [-0.4, -0.2) is 24.7 Å². The molecule has 1 unspecified atom stereocenters. The number of carbonyl (C=O) groups is 1. The topological polar surface area (TPSA) is 58.6 Å². The lowest BCUT2D eigenvalue weighted by Gasteiger charge is -2.12. The van der Waals surface area contributed by atoms with Crippen LogP contribution in [0.1, 0.15) is 27.6 Å². The first kappa shape index (κ1) is 14.6. The molecule has 0 radical (unpaired) electrons. The smallest absolute Gasteiger partial charge is 0.252 e. The molecular formula is C15H17NO3S. The number of aliphatic hydroxyl groups is 1. The maximum Gasteiger partial charge on any atom is 0.252 e. The summed E-state index contributed by atoms with van der Waals surface area (Å²) in [5.41, 5.74) is 2.36. The fourth-order valence-electron chi connectivity index (χ4n) is 1.82. The molecule has 0 saturated carbocycles. The van der Waals surface area contributed by atoms with Gasteiger partial charge in [0.15, 0.2) is 0 Å². The van der Waals surface area contributed by atoms with E-state index in [1.165, 1.54) is 11.3 Å². The minimum atomic E-state index is -0.733. The zero-order chi connectivity index (χ0) is 14.5. The fraction of sp³-hybridized carbons (Fsp3) is 0.267. The van der Waals surface area contributed by atoms with Crippen LogP contribution in [0.15, 0.2) is 35.0 Å². The lowest BCUT2D eigenvalue weighted by atomic mass is 10.1. The van der Waals surface area contributed by atoms with Crippen molar-refractivity contribution in [2.45, 2.75) is 13.0 Å². The van der Waals surface area contributed by atoms with Gasteiger partial charge in [0.25, 0.3) is 5.91 Å². The highest BCUT2D eigenvalue weighted by molar-refractivity contribution is 7.08. The molecule has 2 rings (SSSR count). The van der Waals surface area contributed by atoms with E-state index in [0.717, 1.165) is 16.9 Å². The number of aliphatic hydroxyl groups excluding tert-OH is 1. The summed E-state index contributed by atoms with van der Waals surface area (Å²) < 4.78 is 5.06. The van der Waals surface area contributed by atoms with Gasteiger partial charge in [0, 0.05) is 11.9 Å². The van der Waals surface area contributed by atoms with E-state index in [4.69, 9.17) is 4.74 Å². The highest BCUT2D eigenvalue weighted by atomic mass is 32.1. The van der Waals surface area contributed by atoms with Crippen molar-refractivity contribution in [3.05, 3.63) is 51.7 Å². The second-order valence-corrected chi connectivity index (χ2v) is 5.21. The Morgan fingerprint density at radius 2 is 2.05 bits per heavy atom. The van der Waals surface area contributed by atoms with Crippen molar-refractivity contribution in [2.75, 3.05) is 13.7 Å². The van der Waals surface area contributed by atoms with Crippen molar-refractivity contribution in [2.24, 2.45) is 0 Å². The number of aryl methyl sites for hydroxylation is 1. The minimum Gasteiger partial charge on any atom is -0.497 e. The summed E-state index contributed by atoms with van der Waals surface area (Å²) in [6, 6.07) is 7.13. The highest BCUT2D eigenvalue weighted by Gasteiger charge is 2.13. The summed E-state index contributed by atoms with van der Waals surface area (Å²) in [4.78, 5) is 11.9. The van der Waals surface area contributed by atoms with Gasteiger partial charge in [0.2, 0.25) is 0 Å². The molecule has 2 N–H and O–H groups in total. The van der Waals surface area contributed by atoms with Crippen LogP contribution in [0.25, 0.3) is 0 Å². The van der Waals surface area contributed by atoms with Gasteiger partial charge in [-0.2, -0.15) is 11.3 Å². The lowest BCUT2D eigenvalue weighted by Crippen LogP contribution is -2.28. The van der Waals surface area contributed by atoms with Crippen LogP contribution in [0.5, 0.6) is 5.75 Å². The second-order valence-electron chi connectivity index (χ2n) is 4.47. The van der Waals surface area contributed by atoms with Crippen molar-refractivity contribution in [1.29, 1.82) is 0 Å². The summed E-state index contributed by atoms with van der Waals surface area (Å²) in [6.07, 6.45) is -0.733. The second kappa shape index (κ2) is 6.54. The van der Waals surface area contributed by atoms with Crippen molar-refractivity contribution < 1.29 is 14.6 Å². The molecule has 2 aromatic rings. The summed E-state index contributed by atoms with van der Waals surface area (Å²) >= 11 is 1.49. The number of hydrogen-bond donors (Lipinski definition) is 2. The van der Waals surface area contributed by atoms with Gasteiger partial charge in [-0.25, -0.2) is 0 Å². The Kier molecular flexibility index (Phi) is 4.76. The number of rotatable bonds is 5. The predicted molar refractivity (Wildman–Crippen MR) is 79.3 cm³/mol. The quantitative estimate of drug-likeness (QED) is 0.890. The number of nitrogens with one attached hydrogen (secondary N) is 1. The number of hydrogen-bond acceptors (Lipinski definition) is 4. The van der Waals surface area contributed by atoms with Crippen LogP contribution in [0.3, 0.4) is 0 Å². The molecule has 0 saturated heterocycles. The molecule has 0 aliphatic rings. The Morgan fingerprint density at radius 1 is 1.35 bits per heavy atom. The molecule has 1 aromatic carbocycles. The summed E-state index contributed by atoms with van der Waals surface area (Å²) in [6.45, 7) is 2.08. The van der Waals surface area contributed by atoms with E-state index in [2.05, 4.69) is 5.32 Å². The van der Waals surface area contributed by atoms with Crippen LogP contribution >= 0.6 is 11.3 Å². The van der Waals surface area contributed by atoms with Gasteiger partial charge < -0.3 is 15.2 Å². The first-order chi connectivity index (χ1) is 9.61. The van der Waals surface area contributed by atoms with E-state index < -0.39 is 6.10 Å². The maximum absolute atomic E-state index is 11.9. The molecule has 0 spiro atoms. The number of methoxy groups -OCH3 is 1. The van der Waals surface area contributed by atoms with Crippen LogP contribution in [0.4, 0.5) is 0 Å². The molecular weight excluding hydrogens is 274 g/mol. The normalized spacial score (nSPS) is 11.9. The lowest BCUT2D eigenvalue weighted by molar-refractivity contribution is 0.0916. The summed E-state index contributed by atoms with van der Waals surface area (Å²) in [7, 11) is 1.59. The van der Waals surface area contributed by atoms with E-state index in [1.54, 1.807) is 31.4 Å². The zero-order valence-corrected chi connectivity index (χ0v) is 12.2. The van der Waals surface area contributed by atoms with Crippen molar-refractivity contribution in [3.63, 3.8) is 0 Å². The van der Waals surface area contributed by atoms with Crippen LogP contribution in [0, 0.1) is 6.92 Å². The van der Waals surface area contributed by atoms with Crippen LogP contribution in [-0.2, 0) is 0 Å².